The van der Waals surface area contributed by atoms with E-state index in [0.717, 1.165) is 56.4 Å². The van der Waals surface area contributed by atoms with Crippen LogP contribution in [0.5, 0.6) is 17.2 Å². The van der Waals surface area contributed by atoms with Gasteiger partial charge in [-0.25, -0.2) is 4.79 Å². The number of aromatic hydroxyl groups is 2. The monoisotopic (exact) mass is 546 g/mol. The number of likely N-dealkylation sites (N-methyl/N-ethyl adjacent to an activating group) is 1. The summed E-state index contributed by atoms with van der Waals surface area (Å²) < 4.78 is 5.19. The second-order valence-corrected chi connectivity index (χ2v) is 10.0. The molecule has 5 aromatic carbocycles. The Bertz CT molecular complexity index is 1650. The lowest BCUT2D eigenvalue weighted by Crippen LogP contribution is -2.36. The Hall–Kier alpha value is -4.97. The van der Waals surface area contributed by atoms with Crippen molar-refractivity contribution in [1.82, 2.24) is 4.90 Å². The average Bonchev–Trinajstić information content (AvgIpc) is 2.98. The molecule has 2 amide bonds. The van der Waals surface area contributed by atoms with Gasteiger partial charge in [-0.1, -0.05) is 54.6 Å². The van der Waals surface area contributed by atoms with E-state index in [9.17, 15) is 15.0 Å². The number of fused-ring (bicyclic) bond motifs is 1. The van der Waals surface area contributed by atoms with Crippen molar-refractivity contribution >= 4 is 22.5 Å². The van der Waals surface area contributed by atoms with Gasteiger partial charge in [0.05, 0.1) is 7.11 Å². The van der Waals surface area contributed by atoms with E-state index in [-0.39, 0.29) is 17.5 Å². The van der Waals surface area contributed by atoms with E-state index in [1.54, 1.807) is 36.3 Å². The van der Waals surface area contributed by atoms with Crippen LogP contribution in [-0.4, -0.2) is 41.3 Å². The summed E-state index contributed by atoms with van der Waals surface area (Å²) in [5.74, 6) is 1.21. The summed E-state index contributed by atoms with van der Waals surface area (Å²) >= 11 is 0. The Labute approximate surface area is 240 Å². The lowest BCUT2D eigenvalue weighted by atomic mass is 9.89. The van der Waals surface area contributed by atoms with Crippen LogP contribution in [0.4, 0.5) is 10.5 Å². The van der Waals surface area contributed by atoms with Gasteiger partial charge in [-0.2, -0.15) is 0 Å². The van der Waals surface area contributed by atoms with Crippen LogP contribution in [0.25, 0.3) is 21.9 Å². The molecule has 0 aliphatic carbocycles. The van der Waals surface area contributed by atoms with E-state index >= 15 is 0 Å². The molecule has 41 heavy (non-hydrogen) atoms. The van der Waals surface area contributed by atoms with E-state index in [1.807, 2.05) is 55.5 Å². The van der Waals surface area contributed by atoms with Gasteiger partial charge >= 0.3 is 6.03 Å². The van der Waals surface area contributed by atoms with E-state index in [0.29, 0.717) is 19.5 Å². The molecule has 5 aromatic rings. The molecule has 0 aromatic heterocycles. The lowest BCUT2D eigenvalue weighted by molar-refractivity contribution is 0.215. The minimum Gasteiger partial charge on any atom is -0.508 e. The van der Waals surface area contributed by atoms with Crippen molar-refractivity contribution in [3.05, 3.63) is 120 Å². The number of rotatable bonds is 9. The van der Waals surface area contributed by atoms with Crippen LogP contribution in [0.15, 0.2) is 103 Å². The molecule has 0 spiro atoms. The van der Waals surface area contributed by atoms with Gasteiger partial charge in [-0.05, 0) is 107 Å². The highest BCUT2D eigenvalue weighted by Crippen LogP contribution is 2.34. The molecule has 208 valence electrons. The minimum absolute atomic E-state index is 0.133. The molecule has 0 radical (unpaired) electrons. The molecule has 0 heterocycles. The summed E-state index contributed by atoms with van der Waals surface area (Å²) in [6.07, 6.45) is 1.42. The van der Waals surface area contributed by atoms with Gasteiger partial charge in [0.1, 0.15) is 17.2 Å². The molecule has 0 saturated heterocycles. The van der Waals surface area contributed by atoms with Gasteiger partial charge in [0.15, 0.2) is 0 Å². The van der Waals surface area contributed by atoms with Crippen molar-refractivity contribution in [2.45, 2.75) is 19.8 Å². The Balaban J connectivity index is 1.35. The van der Waals surface area contributed by atoms with Crippen LogP contribution in [-0.2, 0) is 12.8 Å². The fourth-order valence-electron chi connectivity index (χ4n) is 5.13. The van der Waals surface area contributed by atoms with Crippen molar-refractivity contribution < 1.29 is 19.7 Å². The molecule has 0 fully saturated rings. The molecular weight excluding hydrogens is 512 g/mol. The van der Waals surface area contributed by atoms with E-state index in [2.05, 4.69) is 35.6 Å². The number of benzene rings is 5. The maximum Gasteiger partial charge on any atom is 0.321 e. The summed E-state index contributed by atoms with van der Waals surface area (Å²) in [4.78, 5) is 14.7. The zero-order valence-corrected chi connectivity index (χ0v) is 23.3. The Morgan fingerprint density at radius 2 is 1.56 bits per heavy atom. The third-order valence-electron chi connectivity index (χ3n) is 7.35. The van der Waals surface area contributed by atoms with Gasteiger partial charge in [0, 0.05) is 18.8 Å². The number of nitrogens with one attached hydrogen (secondary N) is 1. The van der Waals surface area contributed by atoms with Gasteiger partial charge in [-0.15, -0.1) is 0 Å². The number of carbonyl (C=O) groups excluding carboxylic acids is 1. The summed E-state index contributed by atoms with van der Waals surface area (Å²) in [6.45, 7) is 3.17. The third-order valence-corrected chi connectivity index (χ3v) is 7.35. The predicted molar refractivity (Wildman–Crippen MR) is 165 cm³/mol. The van der Waals surface area contributed by atoms with Crippen LogP contribution < -0.4 is 10.1 Å². The molecule has 3 N–H and O–H groups in total. The second kappa shape index (κ2) is 12.5. The highest BCUT2D eigenvalue weighted by molar-refractivity contribution is 5.93. The second-order valence-electron chi connectivity index (χ2n) is 10.0. The van der Waals surface area contributed by atoms with Gasteiger partial charge < -0.3 is 25.2 Å². The smallest absolute Gasteiger partial charge is 0.321 e. The fraction of sp³-hybridized carbons (Fsp3) is 0.171. The van der Waals surface area contributed by atoms with Crippen LogP contribution in [0.3, 0.4) is 0 Å². The first-order valence-corrected chi connectivity index (χ1v) is 13.8. The van der Waals surface area contributed by atoms with Crippen molar-refractivity contribution in [3.63, 3.8) is 0 Å². The van der Waals surface area contributed by atoms with Crippen molar-refractivity contribution in [2.24, 2.45) is 0 Å². The number of hydrogen-bond acceptors (Lipinski definition) is 4. The Morgan fingerprint density at radius 3 is 2.29 bits per heavy atom. The number of ether oxygens (including phenoxy) is 1. The molecule has 0 bridgehead atoms. The Morgan fingerprint density at radius 1 is 0.829 bits per heavy atom. The van der Waals surface area contributed by atoms with Gasteiger partial charge in [-0.3, -0.25) is 0 Å². The third kappa shape index (κ3) is 6.61. The zero-order chi connectivity index (χ0) is 28.8. The number of amides is 2. The van der Waals surface area contributed by atoms with E-state index in [1.165, 1.54) is 0 Å². The van der Waals surface area contributed by atoms with E-state index in [4.69, 9.17) is 4.74 Å². The number of methoxy groups -OCH3 is 1. The SMILES string of the molecule is CCN(CCc1cccc(Cc2c(-c3ccc(O)cc3)ccc3cc(O)ccc23)c1)C(=O)Nc1ccc(OC)cc1. The predicted octanol–water partition coefficient (Wildman–Crippen LogP) is 7.61. The number of carbonyl (C=O) groups is 1. The number of urea groups is 1. The van der Waals surface area contributed by atoms with Crippen molar-refractivity contribution in [2.75, 3.05) is 25.5 Å². The fourth-order valence-corrected chi connectivity index (χ4v) is 5.13. The van der Waals surface area contributed by atoms with Crippen molar-refractivity contribution in [3.8, 4) is 28.4 Å². The van der Waals surface area contributed by atoms with Crippen LogP contribution in [0.1, 0.15) is 23.6 Å². The molecule has 6 nitrogen and oxygen atoms in total. The maximum atomic E-state index is 12.9. The highest BCUT2D eigenvalue weighted by Gasteiger charge is 2.14. The molecule has 0 unspecified atom stereocenters. The minimum atomic E-state index is -0.133. The maximum absolute atomic E-state index is 12.9. The van der Waals surface area contributed by atoms with E-state index < -0.39 is 0 Å². The largest absolute Gasteiger partial charge is 0.508 e. The molecule has 0 saturated carbocycles. The van der Waals surface area contributed by atoms with Crippen molar-refractivity contribution in [1.29, 1.82) is 0 Å². The molecule has 0 atom stereocenters. The molecule has 5 rings (SSSR count). The normalized spacial score (nSPS) is 10.9. The van der Waals surface area contributed by atoms with Gasteiger partial charge in [0.25, 0.3) is 0 Å². The number of phenols is 2. The van der Waals surface area contributed by atoms with Crippen LogP contribution in [0, 0.1) is 0 Å². The molecule has 6 heteroatoms. The average molecular weight is 547 g/mol. The molecule has 0 aliphatic heterocycles. The first-order chi connectivity index (χ1) is 19.9. The summed E-state index contributed by atoms with van der Waals surface area (Å²) in [5, 5.41) is 24.9. The summed E-state index contributed by atoms with van der Waals surface area (Å²) in [6, 6.07) is 32.5. The topological polar surface area (TPSA) is 82.0 Å². The standard InChI is InChI=1S/C35H34N2O4/c1-3-37(35(40)36-28-10-15-31(41-2)16-11-28)20-19-24-5-4-6-25(21-24)22-34-32(26-7-12-29(38)13-8-26)17-9-27-23-30(39)14-18-33(27)34/h4-18,21,23,38-39H,3,19-20,22H2,1-2H3,(H,36,40). The summed E-state index contributed by atoms with van der Waals surface area (Å²) in [5.41, 5.74) is 6.30. The number of hydrogen-bond donors (Lipinski definition) is 3. The first kappa shape index (κ1) is 27.6. The number of nitrogens with zero attached hydrogens (tertiary/aromatic N) is 1. The quantitative estimate of drug-likeness (QED) is 0.178. The molecular formula is C35H34N2O4. The van der Waals surface area contributed by atoms with Crippen LogP contribution >= 0.6 is 0 Å². The molecule has 0 aliphatic rings. The zero-order valence-electron chi connectivity index (χ0n) is 23.3. The number of anilines is 1. The summed E-state index contributed by atoms with van der Waals surface area (Å²) in [7, 11) is 1.61. The highest BCUT2D eigenvalue weighted by atomic mass is 16.5. The number of phenolic OH excluding ortho intramolecular Hbond substituents is 2. The van der Waals surface area contributed by atoms with Gasteiger partial charge in [0.2, 0.25) is 0 Å². The first-order valence-electron chi connectivity index (χ1n) is 13.8. The Kier molecular flexibility index (Phi) is 8.39. The van der Waals surface area contributed by atoms with Crippen LogP contribution in [0.2, 0.25) is 0 Å². The lowest BCUT2D eigenvalue weighted by Gasteiger charge is -2.22.